The van der Waals surface area contributed by atoms with Crippen molar-refractivity contribution in [3.05, 3.63) is 0 Å². The van der Waals surface area contributed by atoms with Crippen LogP contribution in [-0.2, 0) is 14.3 Å². The topological polar surface area (TPSA) is 35.5 Å². The smallest absolute Gasteiger partial charge is 0.395 e. The van der Waals surface area contributed by atoms with Gasteiger partial charge in [-0.15, -0.1) is 0 Å². The summed E-state index contributed by atoms with van der Waals surface area (Å²) in [5, 5.41) is 0. The van der Waals surface area contributed by atoms with Crippen LogP contribution in [0.1, 0.15) is 459 Å². The molecule has 0 aromatic rings. The molecule has 13 rings (SSSR count). The summed E-state index contributed by atoms with van der Waals surface area (Å²) in [6.07, 6.45) is 10.2. The molecule has 3 nitrogen and oxygen atoms in total. The molecule has 760 valence electrons. The first-order valence-electron chi connectivity index (χ1n) is 48.7. The molecule has 5 unspecified atom stereocenters. The Morgan fingerprint density at radius 3 is 0.717 bits per heavy atom. The summed E-state index contributed by atoms with van der Waals surface area (Å²) in [6, 6.07) is 0. The molecule has 0 aromatic carbocycles. The number of carbonyl (C=O) groups excluding carboxylic acids is 1. The van der Waals surface area contributed by atoms with Crippen LogP contribution in [0.15, 0.2) is 0 Å². The standard InChI is InChI=1S/C10H18O2.C9H15F3.2C9H18.C8H13F3.4C8H14F2.C8H15F.C8H16O.C8H16.C6H10F2/c1-8(11)12-7-10(5-6-10)9(2,3)4;1-7(2,3)8(5-4-6-8)9(10,11)12;1-8(2,3)9(4)6-5-7-9;1-5-9(6-7-9)8(2,3)4;1-6(2,3)7(4-5-7)8(9,10)11;2*1-6(2,3)7(4)5-8(7,9)10;1-7(2,3)8(4-5-8)6(9)10;1-5(2)6-4-7(6)8(3,9)10;1-7(2,3)8(6-9)4-5-8;1-7(2,3)8(4)5-9-6-8;1-7(2,3)8(4)5-6-8;1-4(2)5-3-6(5,7)8/h5-7H2,1-4H3;4-6H2,1-3H3;2*5-7H2,1-4H3;4-5H2,1-3H3;2*5H2,1-4H3;6H,4-5H2,1-3H3;5-7H,4H2,1-3H3;4-6H2,1-3H3;5-6H2,1-4H3;5-6H2,1-4H3;4-5H,3H2,1-2H3. The maximum Gasteiger partial charge on any atom is 0.395 e. The third-order valence-corrected chi connectivity index (χ3v) is 36.0. The fourth-order valence-corrected chi connectivity index (χ4v) is 17.7. The fraction of sp³-hybridized carbons (Fsp3) is 0.991. The highest BCUT2D eigenvalue weighted by molar-refractivity contribution is 5.66. The predicted octanol–water partition coefficient (Wildman–Crippen LogP) is 38.1. The Hall–Kier alpha value is -1.76. The minimum atomic E-state index is -4.02. The first-order chi connectivity index (χ1) is 55.5. The van der Waals surface area contributed by atoms with Gasteiger partial charge in [-0.1, -0.05) is 311 Å². The number of hydrogen-bond acceptors (Lipinski definition) is 3. The summed E-state index contributed by atoms with van der Waals surface area (Å²) in [5.41, 5.74) is -1.61. The first-order valence-corrected chi connectivity index (χ1v) is 48.7. The molecule has 20 heteroatoms. The van der Waals surface area contributed by atoms with Gasteiger partial charge in [0, 0.05) is 70.5 Å². The SMILES string of the molecule is CC(=O)OCC1(C(C)(C)C)CC1.CC(C)(C)C1(C(F)(F)F)CC1.CC(C)(C)C1(C(F)(F)F)CCC1.CC(C)(C)C1(C(F)F)CC1.CC(C)(C)C1(C)CC1.CC(C)(C)C1(C)CC1(F)F.CC(C)(C)C1(C)CC1(F)F.CC(C)(C)C1(C)CCC1.CC(C)(C)C1(C)COC1.CC(C)(C)C1(CF)CC1.CC(C)C1CC1(F)F.CC(C)C1CC1C(C)(F)F.CCC1(C(C)(C)C)CC1. The molecule has 127 heavy (non-hydrogen) atoms. The lowest BCUT2D eigenvalue weighted by atomic mass is 9.54. The Morgan fingerprint density at radius 1 is 0.386 bits per heavy atom. The van der Waals surface area contributed by atoms with Gasteiger partial charge in [0.05, 0.1) is 37.3 Å². The summed E-state index contributed by atoms with van der Waals surface area (Å²) in [4.78, 5) is 10.6. The average molecular weight is 1850 g/mol. The number of carbonyl (C=O) groups is 1. The van der Waals surface area contributed by atoms with Crippen molar-refractivity contribution < 1.29 is 88.9 Å². The van der Waals surface area contributed by atoms with Gasteiger partial charge in [0.2, 0.25) is 12.3 Å². The van der Waals surface area contributed by atoms with Crippen molar-refractivity contribution in [2.45, 2.75) is 502 Å². The Labute approximate surface area is 768 Å². The largest absolute Gasteiger partial charge is 0.465 e. The second kappa shape index (κ2) is 40.4. The van der Waals surface area contributed by atoms with E-state index in [-0.39, 0.29) is 93.5 Å². The lowest BCUT2D eigenvalue weighted by Crippen LogP contribution is -2.52. The van der Waals surface area contributed by atoms with E-state index in [2.05, 4.69) is 152 Å². The molecule has 1 heterocycles. The molecule has 0 aromatic heterocycles. The number of halogens is 17. The van der Waals surface area contributed by atoms with E-state index in [0.717, 1.165) is 51.2 Å². The third-order valence-electron chi connectivity index (χ3n) is 36.0. The van der Waals surface area contributed by atoms with Gasteiger partial charge in [0.1, 0.15) is 0 Å². The molecule has 13 aliphatic rings. The Bertz CT molecular complexity index is 3150. The molecule has 1 aliphatic heterocycles. The van der Waals surface area contributed by atoms with Crippen LogP contribution in [0, 0.1) is 149 Å². The summed E-state index contributed by atoms with van der Waals surface area (Å²) in [6.45, 7) is 93.2. The van der Waals surface area contributed by atoms with E-state index in [1.165, 1.54) is 71.1 Å². The van der Waals surface area contributed by atoms with Crippen molar-refractivity contribution in [2.75, 3.05) is 26.5 Å². The maximum atomic E-state index is 12.7. The van der Waals surface area contributed by atoms with Gasteiger partial charge in [0.25, 0.3) is 17.8 Å². The third kappa shape index (κ3) is 31.6. The van der Waals surface area contributed by atoms with Crippen LogP contribution in [0.2, 0.25) is 0 Å². The number of hydrogen-bond donors (Lipinski definition) is 0. The minimum Gasteiger partial charge on any atom is -0.465 e. The number of alkyl halides is 17. The van der Waals surface area contributed by atoms with E-state index in [4.69, 9.17) is 9.47 Å². The molecular weight excluding hydrogens is 1660 g/mol. The number of rotatable bonds is 8. The molecule has 0 spiro atoms. The lowest BCUT2D eigenvalue weighted by molar-refractivity contribution is -0.286. The normalized spacial score (nSPS) is 27.3. The molecule has 1 saturated heterocycles. The van der Waals surface area contributed by atoms with Crippen molar-refractivity contribution in [3.63, 3.8) is 0 Å². The van der Waals surface area contributed by atoms with Crippen molar-refractivity contribution in [3.8, 4) is 0 Å². The summed E-state index contributed by atoms with van der Waals surface area (Å²) < 4.78 is 222. The van der Waals surface area contributed by atoms with Crippen LogP contribution < -0.4 is 0 Å². The average Bonchev–Trinajstić information content (AvgIpc) is 1.55. The van der Waals surface area contributed by atoms with Crippen LogP contribution in [0.25, 0.3) is 0 Å². The Morgan fingerprint density at radius 2 is 0.685 bits per heavy atom. The van der Waals surface area contributed by atoms with Crippen molar-refractivity contribution in [2.24, 2.45) is 149 Å². The van der Waals surface area contributed by atoms with Crippen LogP contribution in [0.3, 0.4) is 0 Å². The second-order valence-electron chi connectivity index (χ2n) is 55.3. The number of esters is 1. The molecule has 0 radical (unpaired) electrons. The van der Waals surface area contributed by atoms with Gasteiger partial charge in [-0.05, 0) is 216 Å². The van der Waals surface area contributed by atoms with E-state index in [0.29, 0.717) is 89.0 Å². The zero-order valence-corrected chi connectivity index (χ0v) is 89.7. The second-order valence-corrected chi connectivity index (χ2v) is 55.3. The molecule has 13 fully saturated rings. The molecular formula is C107H195F17O3. The molecule has 5 atom stereocenters. The van der Waals surface area contributed by atoms with Crippen molar-refractivity contribution in [1.82, 2.24) is 0 Å². The van der Waals surface area contributed by atoms with E-state index in [1.54, 1.807) is 55.4 Å². The number of ether oxygens (including phenoxy) is 2. The zero-order valence-electron chi connectivity index (χ0n) is 89.7. The van der Waals surface area contributed by atoms with Gasteiger partial charge in [-0.3, -0.25) is 9.18 Å². The Balaban J connectivity index is 0.000000689. The molecule has 12 saturated carbocycles. The summed E-state index contributed by atoms with van der Waals surface area (Å²) in [7, 11) is 0. The van der Waals surface area contributed by atoms with Crippen molar-refractivity contribution in [1.29, 1.82) is 0 Å². The highest BCUT2D eigenvalue weighted by Crippen LogP contribution is 2.72. The lowest BCUT2D eigenvalue weighted by Gasteiger charge is -2.52. The fourth-order valence-electron chi connectivity index (χ4n) is 17.7. The minimum absolute atomic E-state index is 0.0590. The Kier molecular flexibility index (Phi) is 39.2. The zero-order chi connectivity index (χ0) is 102. The molecule has 0 amide bonds. The van der Waals surface area contributed by atoms with Gasteiger partial charge in [-0.2, -0.15) is 26.3 Å². The van der Waals surface area contributed by atoms with E-state index in [1.807, 2.05) is 90.0 Å². The highest BCUT2D eigenvalue weighted by atomic mass is 19.4. The summed E-state index contributed by atoms with van der Waals surface area (Å²) in [5.74, 6) is -9.51. The van der Waals surface area contributed by atoms with Crippen LogP contribution in [-0.4, -0.2) is 74.9 Å². The van der Waals surface area contributed by atoms with E-state index >= 15 is 0 Å². The quantitative estimate of drug-likeness (QED) is 0.179. The first kappa shape index (κ1) is 123. The van der Waals surface area contributed by atoms with E-state index < -0.39 is 80.4 Å². The van der Waals surface area contributed by atoms with Gasteiger partial charge < -0.3 is 9.47 Å². The van der Waals surface area contributed by atoms with Crippen molar-refractivity contribution >= 4 is 5.97 Å². The molecule has 12 aliphatic carbocycles. The summed E-state index contributed by atoms with van der Waals surface area (Å²) >= 11 is 0. The molecule has 0 bridgehead atoms. The monoisotopic (exact) mass is 1850 g/mol. The van der Waals surface area contributed by atoms with Crippen LogP contribution in [0.4, 0.5) is 74.6 Å². The maximum absolute atomic E-state index is 12.7. The van der Waals surface area contributed by atoms with Crippen LogP contribution >= 0.6 is 0 Å². The predicted molar refractivity (Wildman–Crippen MR) is 498 cm³/mol. The van der Waals surface area contributed by atoms with Crippen LogP contribution in [0.5, 0.6) is 0 Å². The van der Waals surface area contributed by atoms with Gasteiger partial charge >= 0.3 is 18.3 Å². The van der Waals surface area contributed by atoms with Gasteiger partial charge in [-0.25, -0.2) is 43.9 Å². The van der Waals surface area contributed by atoms with Gasteiger partial charge in [0.15, 0.2) is 0 Å². The molecule has 0 N–H and O–H groups in total. The highest BCUT2D eigenvalue weighted by Gasteiger charge is 2.74. The van der Waals surface area contributed by atoms with E-state index in [9.17, 15) is 79.4 Å².